The Bertz CT molecular complexity index is 282. The van der Waals surface area contributed by atoms with E-state index in [1.807, 2.05) is 6.92 Å². The maximum atomic E-state index is 10.9. The molecule has 0 spiro atoms. The number of hydrogen-bond donors (Lipinski definition) is 1. The van der Waals surface area contributed by atoms with Crippen molar-refractivity contribution in [2.75, 3.05) is 0 Å². The first-order valence-electron chi connectivity index (χ1n) is 4.29. The average Bonchev–Trinajstić information content (AvgIpc) is 2.56. The Hall–Kier alpha value is -1.32. The molecule has 0 aliphatic carbocycles. The van der Waals surface area contributed by atoms with Crippen molar-refractivity contribution in [2.45, 2.75) is 26.8 Å². The van der Waals surface area contributed by atoms with Crippen LogP contribution in [0.2, 0.25) is 0 Å². The van der Waals surface area contributed by atoms with E-state index in [2.05, 4.69) is 5.10 Å². The molecule has 4 nitrogen and oxygen atoms in total. The Kier molecular flexibility index (Phi) is 2.70. The van der Waals surface area contributed by atoms with Gasteiger partial charge in [0.15, 0.2) is 0 Å². The Morgan fingerprint density at radius 3 is 2.77 bits per heavy atom. The van der Waals surface area contributed by atoms with Crippen molar-refractivity contribution in [1.29, 1.82) is 0 Å². The second kappa shape index (κ2) is 3.60. The Labute approximate surface area is 77.2 Å². The van der Waals surface area contributed by atoms with Crippen molar-refractivity contribution in [3.05, 3.63) is 18.5 Å². The molecule has 72 valence electrons. The number of aromatic nitrogens is 2. The summed E-state index contributed by atoms with van der Waals surface area (Å²) < 4.78 is 1.65. The SMILES string of the molecule is CCC(C)(Cn1cccn1)C(=O)O. The molecule has 0 amide bonds. The second-order valence-corrected chi connectivity index (χ2v) is 3.42. The quantitative estimate of drug-likeness (QED) is 0.765. The summed E-state index contributed by atoms with van der Waals surface area (Å²) in [5, 5.41) is 13.0. The van der Waals surface area contributed by atoms with Crippen molar-refractivity contribution in [1.82, 2.24) is 9.78 Å². The molecule has 1 N–H and O–H groups in total. The van der Waals surface area contributed by atoms with Gasteiger partial charge in [0.2, 0.25) is 0 Å². The molecule has 0 aliphatic rings. The number of hydrogen-bond acceptors (Lipinski definition) is 2. The summed E-state index contributed by atoms with van der Waals surface area (Å²) >= 11 is 0. The van der Waals surface area contributed by atoms with Crippen molar-refractivity contribution in [2.24, 2.45) is 5.41 Å². The molecule has 1 atom stereocenters. The Morgan fingerprint density at radius 1 is 1.69 bits per heavy atom. The first kappa shape index (κ1) is 9.77. The van der Waals surface area contributed by atoms with E-state index < -0.39 is 11.4 Å². The molecular formula is C9H14N2O2. The summed E-state index contributed by atoms with van der Waals surface area (Å²) in [6.07, 6.45) is 4.02. The summed E-state index contributed by atoms with van der Waals surface area (Å²) in [6.45, 7) is 4.03. The molecule has 4 heteroatoms. The number of carboxylic acid groups (broad SMARTS) is 1. The monoisotopic (exact) mass is 182 g/mol. The summed E-state index contributed by atoms with van der Waals surface area (Å²) in [5.41, 5.74) is -0.716. The molecule has 1 heterocycles. The van der Waals surface area contributed by atoms with Crippen molar-refractivity contribution in [3.63, 3.8) is 0 Å². The normalized spacial score (nSPS) is 15.2. The topological polar surface area (TPSA) is 55.1 Å². The van der Waals surface area contributed by atoms with Gasteiger partial charge in [-0.3, -0.25) is 9.48 Å². The van der Waals surface area contributed by atoms with E-state index >= 15 is 0 Å². The minimum atomic E-state index is -0.773. The van der Waals surface area contributed by atoms with E-state index in [-0.39, 0.29) is 0 Å². The van der Waals surface area contributed by atoms with Gasteiger partial charge in [0, 0.05) is 12.4 Å². The molecule has 0 aromatic carbocycles. The highest BCUT2D eigenvalue weighted by atomic mass is 16.4. The highest BCUT2D eigenvalue weighted by molar-refractivity contribution is 5.73. The lowest BCUT2D eigenvalue weighted by atomic mass is 9.88. The van der Waals surface area contributed by atoms with Gasteiger partial charge in [-0.05, 0) is 19.4 Å². The van der Waals surface area contributed by atoms with Crippen LogP contribution in [0.5, 0.6) is 0 Å². The highest BCUT2D eigenvalue weighted by Crippen LogP contribution is 2.23. The van der Waals surface area contributed by atoms with Gasteiger partial charge >= 0.3 is 5.97 Å². The Balaban J connectivity index is 2.75. The standard InChI is InChI=1S/C9H14N2O2/c1-3-9(2,8(12)13)7-11-6-4-5-10-11/h4-6H,3,7H2,1-2H3,(H,12,13). The van der Waals surface area contributed by atoms with E-state index in [1.54, 1.807) is 30.1 Å². The minimum Gasteiger partial charge on any atom is -0.481 e. The van der Waals surface area contributed by atoms with Crippen LogP contribution in [0.1, 0.15) is 20.3 Å². The first-order valence-corrected chi connectivity index (χ1v) is 4.29. The zero-order chi connectivity index (χ0) is 9.90. The summed E-state index contributed by atoms with van der Waals surface area (Å²) in [7, 11) is 0. The number of rotatable bonds is 4. The van der Waals surface area contributed by atoms with E-state index in [9.17, 15) is 4.79 Å². The molecule has 1 aromatic rings. The molecule has 1 aromatic heterocycles. The van der Waals surface area contributed by atoms with E-state index in [4.69, 9.17) is 5.11 Å². The molecule has 1 unspecified atom stereocenters. The molecule has 0 fully saturated rings. The molecular weight excluding hydrogens is 168 g/mol. The molecule has 0 bridgehead atoms. The molecule has 0 aliphatic heterocycles. The minimum absolute atomic E-state index is 0.422. The predicted molar refractivity (Wildman–Crippen MR) is 48.3 cm³/mol. The zero-order valence-corrected chi connectivity index (χ0v) is 7.90. The number of carbonyl (C=O) groups is 1. The van der Waals surface area contributed by atoms with Crippen LogP contribution in [0, 0.1) is 5.41 Å². The fourth-order valence-corrected chi connectivity index (χ4v) is 1.08. The van der Waals surface area contributed by atoms with Gasteiger partial charge in [-0.15, -0.1) is 0 Å². The molecule has 0 saturated heterocycles. The maximum Gasteiger partial charge on any atom is 0.311 e. The molecule has 1 rings (SSSR count). The van der Waals surface area contributed by atoms with E-state index in [0.717, 1.165) is 0 Å². The third-order valence-corrected chi connectivity index (χ3v) is 2.37. The third kappa shape index (κ3) is 2.08. The zero-order valence-electron chi connectivity index (χ0n) is 7.90. The highest BCUT2D eigenvalue weighted by Gasteiger charge is 2.31. The van der Waals surface area contributed by atoms with E-state index in [1.165, 1.54) is 0 Å². The lowest BCUT2D eigenvalue weighted by Gasteiger charge is -2.22. The maximum absolute atomic E-state index is 10.9. The van der Waals surface area contributed by atoms with Crippen molar-refractivity contribution >= 4 is 5.97 Å². The van der Waals surface area contributed by atoms with Gasteiger partial charge in [0.1, 0.15) is 0 Å². The van der Waals surface area contributed by atoms with Crippen LogP contribution in [0.4, 0.5) is 0 Å². The van der Waals surface area contributed by atoms with E-state index in [0.29, 0.717) is 13.0 Å². The third-order valence-electron chi connectivity index (χ3n) is 2.37. The summed E-state index contributed by atoms with van der Waals surface area (Å²) in [6, 6.07) is 1.79. The van der Waals surface area contributed by atoms with Crippen molar-refractivity contribution in [3.8, 4) is 0 Å². The van der Waals surface area contributed by atoms with Crippen LogP contribution < -0.4 is 0 Å². The van der Waals surface area contributed by atoms with Gasteiger partial charge in [-0.1, -0.05) is 6.92 Å². The van der Waals surface area contributed by atoms with Crippen molar-refractivity contribution < 1.29 is 9.90 Å². The lowest BCUT2D eigenvalue weighted by Crippen LogP contribution is -2.32. The average molecular weight is 182 g/mol. The largest absolute Gasteiger partial charge is 0.481 e. The van der Waals surface area contributed by atoms with Gasteiger partial charge < -0.3 is 5.11 Å². The Morgan fingerprint density at radius 2 is 2.38 bits per heavy atom. The molecule has 13 heavy (non-hydrogen) atoms. The fraction of sp³-hybridized carbons (Fsp3) is 0.556. The van der Waals surface area contributed by atoms with Crippen LogP contribution in [0.25, 0.3) is 0 Å². The van der Waals surface area contributed by atoms with Gasteiger partial charge in [0.05, 0.1) is 12.0 Å². The molecule has 0 saturated carbocycles. The number of nitrogens with zero attached hydrogens (tertiary/aromatic N) is 2. The fourth-order valence-electron chi connectivity index (χ4n) is 1.08. The lowest BCUT2D eigenvalue weighted by molar-refractivity contribution is -0.149. The van der Waals surface area contributed by atoms with Crippen LogP contribution >= 0.6 is 0 Å². The summed E-state index contributed by atoms with van der Waals surface area (Å²) in [4.78, 5) is 10.9. The summed E-state index contributed by atoms with van der Waals surface area (Å²) in [5.74, 6) is -0.773. The molecule has 0 radical (unpaired) electrons. The predicted octanol–water partition coefficient (Wildman–Crippen LogP) is 1.38. The number of aliphatic carboxylic acids is 1. The van der Waals surface area contributed by atoms with Crippen LogP contribution in [-0.2, 0) is 11.3 Å². The van der Waals surface area contributed by atoms with Crippen LogP contribution in [0.3, 0.4) is 0 Å². The van der Waals surface area contributed by atoms with Gasteiger partial charge in [-0.2, -0.15) is 5.10 Å². The van der Waals surface area contributed by atoms with Gasteiger partial charge in [-0.25, -0.2) is 0 Å². The van der Waals surface area contributed by atoms with Crippen LogP contribution in [0.15, 0.2) is 18.5 Å². The van der Waals surface area contributed by atoms with Gasteiger partial charge in [0.25, 0.3) is 0 Å². The smallest absolute Gasteiger partial charge is 0.311 e. The second-order valence-electron chi connectivity index (χ2n) is 3.42. The first-order chi connectivity index (χ1) is 6.08. The van der Waals surface area contributed by atoms with Crippen LogP contribution in [-0.4, -0.2) is 20.9 Å². The number of carboxylic acids is 1.